The first-order valence-corrected chi connectivity index (χ1v) is 9.33. The van der Waals surface area contributed by atoms with E-state index >= 15 is 0 Å². The zero-order valence-corrected chi connectivity index (χ0v) is 15.3. The van der Waals surface area contributed by atoms with Crippen LogP contribution in [0, 0.1) is 0 Å². The Morgan fingerprint density at radius 2 is 2.10 bits per heavy atom. The summed E-state index contributed by atoms with van der Waals surface area (Å²) >= 11 is 1.81. The van der Waals surface area contributed by atoms with Crippen molar-refractivity contribution in [3.63, 3.8) is 0 Å². The summed E-state index contributed by atoms with van der Waals surface area (Å²) in [7, 11) is 1.70. The molecule has 21 heavy (non-hydrogen) atoms. The van der Waals surface area contributed by atoms with E-state index in [9.17, 15) is 0 Å². The molecule has 112 valence electrons. The van der Waals surface area contributed by atoms with Crippen LogP contribution < -0.4 is 9.47 Å². The Morgan fingerprint density at radius 3 is 2.76 bits per heavy atom. The summed E-state index contributed by atoms with van der Waals surface area (Å²) in [6, 6.07) is 4.11. The van der Waals surface area contributed by atoms with E-state index in [1.165, 1.54) is 4.44 Å². The summed E-state index contributed by atoms with van der Waals surface area (Å²) in [6.07, 6.45) is 0. The third kappa shape index (κ3) is 2.60. The van der Waals surface area contributed by atoms with Crippen LogP contribution in [0.1, 0.15) is 32.1 Å². The molecule has 0 bridgehead atoms. The van der Waals surface area contributed by atoms with E-state index in [2.05, 4.69) is 43.0 Å². The molecule has 1 aliphatic rings. The summed E-state index contributed by atoms with van der Waals surface area (Å²) < 4.78 is 17.2. The average Bonchev–Trinajstić information content (AvgIpc) is 2.87. The minimum atomic E-state index is -0.333. The molecular weight excluding hydrogens is 351 g/mol. The number of methoxy groups -OCH3 is 1. The van der Waals surface area contributed by atoms with Crippen LogP contribution in [-0.2, 0) is 5.60 Å². The summed E-state index contributed by atoms with van der Waals surface area (Å²) in [6.45, 7) is 8.51. The summed E-state index contributed by atoms with van der Waals surface area (Å²) in [5.74, 6) is 1.75. The number of thioether (sulfide) groups is 1. The van der Waals surface area contributed by atoms with Gasteiger partial charge in [-0.15, -0.1) is 0 Å². The molecule has 0 unspecified atom stereocenters. The topological polar surface area (TPSA) is 44.2 Å². The average molecular weight is 369 g/mol. The molecule has 0 amide bonds. The van der Waals surface area contributed by atoms with Gasteiger partial charge in [-0.25, -0.2) is 0 Å². The second kappa shape index (κ2) is 5.34. The Bertz CT molecular complexity index is 682. The molecule has 0 fully saturated rings. The molecule has 0 atom stereocenters. The Hall–Kier alpha value is -0.971. The van der Waals surface area contributed by atoms with Gasteiger partial charge in [0.15, 0.2) is 0 Å². The minimum absolute atomic E-state index is 0.0368. The first kappa shape index (κ1) is 14.9. The van der Waals surface area contributed by atoms with Gasteiger partial charge in [-0.1, -0.05) is 0 Å². The van der Waals surface area contributed by atoms with Crippen LogP contribution in [0.3, 0.4) is 0 Å². The van der Waals surface area contributed by atoms with Crippen LogP contribution in [0.2, 0.25) is 0 Å². The van der Waals surface area contributed by atoms with E-state index in [-0.39, 0.29) is 20.3 Å². The van der Waals surface area contributed by atoms with Crippen molar-refractivity contribution in [3.05, 3.63) is 16.6 Å². The Morgan fingerprint density at radius 1 is 1.33 bits per heavy atom. The van der Waals surface area contributed by atoms with Crippen LogP contribution in [0.5, 0.6) is 11.5 Å². The van der Waals surface area contributed by atoms with Crippen LogP contribution in [0.15, 0.2) is 17.0 Å². The van der Waals surface area contributed by atoms with Gasteiger partial charge in [0.1, 0.15) is 0 Å². The quantitative estimate of drug-likeness (QED) is 0.613. The first-order chi connectivity index (χ1) is 9.92. The molecule has 0 saturated carbocycles. The fourth-order valence-corrected chi connectivity index (χ4v) is 4.82. The summed E-state index contributed by atoms with van der Waals surface area (Å²) in [4.78, 5) is 1.10. The second-order valence-corrected chi connectivity index (χ2v) is 8.93. The van der Waals surface area contributed by atoms with Crippen molar-refractivity contribution in [2.75, 3.05) is 7.11 Å². The van der Waals surface area contributed by atoms with Crippen molar-refractivity contribution in [1.29, 1.82) is 0 Å². The molecule has 0 saturated heterocycles. The van der Waals surface area contributed by atoms with E-state index in [4.69, 9.17) is 9.47 Å². The fourth-order valence-electron chi connectivity index (χ4n) is 2.40. The summed E-state index contributed by atoms with van der Waals surface area (Å²) in [5.41, 5.74) is 1.64. The zero-order chi connectivity index (χ0) is 15.2. The molecule has 2 aromatic rings. The van der Waals surface area contributed by atoms with Gasteiger partial charge in [0.2, 0.25) is 0 Å². The van der Waals surface area contributed by atoms with Crippen LogP contribution >= 0.6 is 11.8 Å². The maximum absolute atomic E-state index is 6.22. The number of hydrogen-bond donors (Lipinski definition) is 0. The number of fused-ring (bicyclic) bond motifs is 3. The van der Waals surface area contributed by atoms with Crippen LogP contribution in [-0.4, -0.2) is 36.3 Å². The first-order valence-electron chi connectivity index (χ1n) is 6.83. The van der Waals surface area contributed by atoms with Crippen molar-refractivity contribution in [3.8, 4) is 22.8 Å². The van der Waals surface area contributed by atoms with Gasteiger partial charge in [0.25, 0.3) is 0 Å². The second-order valence-electron chi connectivity index (χ2n) is 5.73. The van der Waals surface area contributed by atoms with Crippen LogP contribution in [0.4, 0.5) is 0 Å². The van der Waals surface area contributed by atoms with Gasteiger partial charge in [-0.3, -0.25) is 0 Å². The van der Waals surface area contributed by atoms with Gasteiger partial charge in [0, 0.05) is 0 Å². The van der Waals surface area contributed by atoms with Gasteiger partial charge < -0.3 is 0 Å². The number of rotatable bonds is 3. The molecule has 0 radical (unpaired) electrons. The van der Waals surface area contributed by atoms with Gasteiger partial charge in [-0.2, -0.15) is 0 Å². The van der Waals surface area contributed by atoms with E-state index in [1.807, 2.05) is 6.07 Å². The molecule has 3 rings (SSSR count). The number of ether oxygens (including phenoxy) is 2. The van der Waals surface area contributed by atoms with Crippen molar-refractivity contribution < 1.29 is 9.47 Å². The van der Waals surface area contributed by atoms with E-state index in [0.29, 0.717) is 5.25 Å². The third-order valence-electron chi connectivity index (χ3n) is 3.28. The third-order valence-corrected chi connectivity index (χ3v) is 6.49. The Labute approximate surface area is 135 Å². The summed E-state index contributed by atoms with van der Waals surface area (Å²) in [5, 5.41) is 4.83. The van der Waals surface area contributed by atoms with E-state index in [0.717, 1.165) is 27.7 Å². The molecule has 1 aromatic heterocycles. The normalized spacial score (nSPS) is 15.3. The monoisotopic (exact) mass is 370 g/mol. The Kier molecular flexibility index (Phi) is 3.80. The van der Waals surface area contributed by atoms with Crippen molar-refractivity contribution in [2.24, 2.45) is 0 Å². The van der Waals surface area contributed by atoms with Crippen molar-refractivity contribution >= 4 is 26.5 Å². The van der Waals surface area contributed by atoms with Gasteiger partial charge >= 0.3 is 135 Å². The number of hydrogen-bond acceptors (Lipinski definition) is 5. The molecule has 4 nitrogen and oxygen atoms in total. The van der Waals surface area contributed by atoms with E-state index in [1.54, 1.807) is 18.9 Å². The van der Waals surface area contributed by atoms with Crippen LogP contribution in [0.25, 0.3) is 11.3 Å². The van der Waals surface area contributed by atoms with Crippen molar-refractivity contribution in [1.82, 2.24) is 9.19 Å². The molecule has 2 heterocycles. The molecular formula is C15H18N2O2SSe. The molecule has 6 heteroatoms. The maximum atomic E-state index is 6.22. The molecule has 1 aromatic carbocycles. The number of aromatic nitrogens is 2. The number of benzene rings is 1. The molecule has 0 N–H and O–H groups in total. The standard InChI is InChI=1S/C15H18N2O2SSe/c1-8(2)20-12-7-10-9(6-11(12)18-5)13-14(21-17-16-13)15(3,4)19-10/h6-8H,1-5H3. The zero-order valence-electron chi connectivity index (χ0n) is 12.8. The van der Waals surface area contributed by atoms with Crippen molar-refractivity contribution in [2.45, 2.75) is 43.4 Å². The molecule has 0 aliphatic carbocycles. The predicted molar refractivity (Wildman–Crippen MR) is 85.6 cm³/mol. The predicted octanol–water partition coefficient (Wildman–Crippen LogP) is 3.34. The molecule has 0 spiro atoms. The Balaban J connectivity index is 2.17. The van der Waals surface area contributed by atoms with Gasteiger partial charge in [-0.05, 0) is 0 Å². The van der Waals surface area contributed by atoms with E-state index < -0.39 is 0 Å². The molecule has 1 aliphatic heterocycles. The SMILES string of the molecule is COc1cc2c(cc1SC(C)C)OC(C)(C)c1[se]nnc1-2. The fraction of sp³-hybridized carbons (Fsp3) is 0.467. The number of nitrogens with zero attached hydrogens (tertiary/aromatic N) is 2. The van der Waals surface area contributed by atoms with Gasteiger partial charge in [0.05, 0.1) is 0 Å².